The number of benzene rings is 1. The summed E-state index contributed by atoms with van der Waals surface area (Å²) in [6.45, 7) is 3.68. The summed E-state index contributed by atoms with van der Waals surface area (Å²) in [5.74, 6) is 0.107. The van der Waals surface area contributed by atoms with Gasteiger partial charge in [-0.2, -0.15) is 0 Å². The smallest absolute Gasteiger partial charge is 0.341 e. The zero-order valence-corrected chi connectivity index (χ0v) is 17.3. The van der Waals surface area contributed by atoms with Gasteiger partial charge in [0.05, 0.1) is 17.7 Å². The molecule has 0 amide bonds. The minimum atomic E-state index is -0.402. The molecule has 0 spiro atoms. The monoisotopic (exact) mass is 405 g/mol. The molecule has 2 aromatic heterocycles. The summed E-state index contributed by atoms with van der Waals surface area (Å²) in [5.41, 5.74) is 5.29. The number of ether oxygens (including phenoxy) is 1. The summed E-state index contributed by atoms with van der Waals surface area (Å²) >= 11 is 0. The highest BCUT2D eigenvalue weighted by molar-refractivity contribution is 5.93. The molecular formula is C23H27N5O2. The number of aromatic nitrogens is 3. The second-order valence-corrected chi connectivity index (χ2v) is 7.36. The Hall–Kier alpha value is -3.22. The van der Waals surface area contributed by atoms with Crippen LogP contribution in [0.1, 0.15) is 47.8 Å². The standard InChI is InChI=1S/C23H27N5O2/c1-2-30-22(29)16-14-26-23(27-15-16)25-13-7-12-24-21-17-8-3-5-10-19(17)28-20-11-6-4-9-18(20)21/h3,5,8,10,14-15H,2,4,6-7,9,11-13H2,1H3,(H,24,28)(H,25,26,27). The Kier molecular flexibility index (Phi) is 6.37. The van der Waals surface area contributed by atoms with Gasteiger partial charge in [0, 0.05) is 42.3 Å². The van der Waals surface area contributed by atoms with Crippen molar-refractivity contribution in [2.75, 3.05) is 30.3 Å². The molecule has 3 aromatic rings. The lowest BCUT2D eigenvalue weighted by molar-refractivity contribution is 0.0525. The average Bonchev–Trinajstić information content (AvgIpc) is 2.79. The van der Waals surface area contributed by atoms with Gasteiger partial charge in [-0.3, -0.25) is 4.98 Å². The lowest BCUT2D eigenvalue weighted by atomic mass is 9.92. The Morgan fingerprint density at radius 3 is 2.67 bits per heavy atom. The van der Waals surface area contributed by atoms with Crippen LogP contribution in [-0.4, -0.2) is 40.6 Å². The van der Waals surface area contributed by atoms with Crippen molar-refractivity contribution in [3.63, 3.8) is 0 Å². The molecule has 1 aliphatic carbocycles. The molecule has 0 fully saturated rings. The van der Waals surface area contributed by atoms with Crippen LogP contribution < -0.4 is 10.6 Å². The fourth-order valence-corrected chi connectivity index (χ4v) is 3.82. The zero-order valence-electron chi connectivity index (χ0n) is 17.3. The van der Waals surface area contributed by atoms with Gasteiger partial charge in [0.15, 0.2) is 0 Å². The number of anilines is 2. The van der Waals surface area contributed by atoms with Crippen LogP contribution in [0.15, 0.2) is 36.7 Å². The van der Waals surface area contributed by atoms with Gasteiger partial charge in [0.1, 0.15) is 0 Å². The quantitative estimate of drug-likeness (QED) is 0.433. The largest absolute Gasteiger partial charge is 0.462 e. The number of hydrogen-bond donors (Lipinski definition) is 2. The van der Waals surface area contributed by atoms with Crippen LogP contribution in [0.3, 0.4) is 0 Å². The molecule has 0 radical (unpaired) electrons. The average molecular weight is 406 g/mol. The zero-order chi connectivity index (χ0) is 20.8. The molecule has 0 unspecified atom stereocenters. The topological polar surface area (TPSA) is 89.0 Å². The third-order valence-electron chi connectivity index (χ3n) is 5.27. The van der Waals surface area contributed by atoms with E-state index in [1.54, 1.807) is 6.92 Å². The Bertz CT molecular complexity index is 1020. The molecule has 156 valence electrons. The maximum atomic E-state index is 11.6. The second-order valence-electron chi connectivity index (χ2n) is 7.36. The lowest BCUT2D eigenvalue weighted by Crippen LogP contribution is -2.15. The number of para-hydroxylation sites is 1. The first-order chi connectivity index (χ1) is 14.8. The Balaban J connectivity index is 1.34. The van der Waals surface area contributed by atoms with Crippen molar-refractivity contribution in [1.82, 2.24) is 15.0 Å². The minimum Gasteiger partial charge on any atom is -0.462 e. The van der Waals surface area contributed by atoms with Gasteiger partial charge in [-0.1, -0.05) is 18.2 Å². The summed E-state index contributed by atoms with van der Waals surface area (Å²) in [6, 6.07) is 8.36. The van der Waals surface area contributed by atoms with Crippen molar-refractivity contribution in [3.05, 3.63) is 53.5 Å². The summed E-state index contributed by atoms with van der Waals surface area (Å²) in [4.78, 5) is 24.9. The summed E-state index contributed by atoms with van der Waals surface area (Å²) in [7, 11) is 0. The summed E-state index contributed by atoms with van der Waals surface area (Å²) in [5, 5.41) is 8.06. The first kappa shape index (κ1) is 20.1. The molecule has 0 saturated heterocycles. The van der Waals surface area contributed by atoms with E-state index < -0.39 is 5.97 Å². The van der Waals surface area contributed by atoms with E-state index in [9.17, 15) is 4.79 Å². The van der Waals surface area contributed by atoms with Crippen molar-refractivity contribution in [1.29, 1.82) is 0 Å². The molecule has 2 heterocycles. The van der Waals surface area contributed by atoms with Gasteiger partial charge >= 0.3 is 5.97 Å². The first-order valence-corrected chi connectivity index (χ1v) is 10.6. The SMILES string of the molecule is CCOC(=O)c1cnc(NCCCNc2c3c(nc4ccccc24)CCCC3)nc1. The maximum absolute atomic E-state index is 11.6. The predicted octanol–water partition coefficient (Wildman–Crippen LogP) is 3.99. The number of hydrogen-bond acceptors (Lipinski definition) is 7. The Labute approximate surface area is 176 Å². The fraction of sp³-hybridized carbons (Fsp3) is 0.391. The van der Waals surface area contributed by atoms with E-state index in [1.807, 2.05) is 6.07 Å². The second kappa shape index (κ2) is 9.52. The number of rotatable bonds is 8. The van der Waals surface area contributed by atoms with Crippen molar-refractivity contribution in [2.24, 2.45) is 0 Å². The number of nitrogens with zero attached hydrogens (tertiary/aromatic N) is 3. The predicted molar refractivity (Wildman–Crippen MR) is 118 cm³/mol. The third-order valence-corrected chi connectivity index (χ3v) is 5.27. The molecule has 1 aliphatic rings. The maximum Gasteiger partial charge on any atom is 0.341 e. The van der Waals surface area contributed by atoms with Crippen LogP contribution in [0.2, 0.25) is 0 Å². The molecular weight excluding hydrogens is 378 g/mol. The molecule has 0 atom stereocenters. The number of nitrogens with one attached hydrogen (secondary N) is 2. The van der Waals surface area contributed by atoms with E-state index in [0.717, 1.165) is 37.9 Å². The number of esters is 1. The molecule has 0 bridgehead atoms. The molecule has 7 nitrogen and oxygen atoms in total. The summed E-state index contributed by atoms with van der Waals surface area (Å²) in [6.07, 6.45) is 8.49. The number of pyridine rings is 1. The van der Waals surface area contributed by atoms with E-state index >= 15 is 0 Å². The fourth-order valence-electron chi connectivity index (χ4n) is 3.82. The van der Waals surface area contributed by atoms with Crippen LogP contribution in [-0.2, 0) is 17.6 Å². The van der Waals surface area contributed by atoms with E-state index in [0.29, 0.717) is 18.1 Å². The van der Waals surface area contributed by atoms with E-state index in [1.165, 1.54) is 47.6 Å². The highest BCUT2D eigenvalue weighted by atomic mass is 16.5. The third kappa shape index (κ3) is 4.50. The molecule has 7 heteroatoms. The molecule has 0 saturated carbocycles. The molecule has 30 heavy (non-hydrogen) atoms. The van der Waals surface area contributed by atoms with Crippen LogP contribution in [0.25, 0.3) is 10.9 Å². The Morgan fingerprint density at radius 1 is 1.07 bits per heavy atom. The van der Waals surface area contributed by atoms with Gasteiger partial charge in [-0.15, -0.1) is 0 Å². The number of fused-ring (bicyclic) bond motifs is 2. The van der Waals surface area contributed by atoms with Gasteiger partial charge in [0.25, 0.3) is 0 Å². The van der Waals surface area contributed by atoms with E-state index in [4.69, 9.17) is 9.72 Å². The van der Waals surface area contributed by atoms with Crippen LogP contribution in [0.5, 0.6) is 0 Å². The van der Waals surface area contributed by atoms with Crippen molar-refractivity contribution >= 4 is 28.5 Å². The number of carbonyl (C=O) groups excluding carboxylic acids is 1. The van der Waals surface area contributed by atoms with Crippen LogP contribution in [0, 0.1) is 0 Å². The van der Waals surface area contributed by atoms with Gasteiger partial charge < -0.3 is 15.4 Å². The van der Waals surface area contributed by atoms with Crippen molar-refractivity contribution in [2.45, 2.75) is 39.0 Å². The molecule has 2 N–H and O–H groups in total. The molecule has 0 aliphatic heterocycles. The van der Waals surface area contributed by atoms with Gasteiger partial charge in [-0.05, 0) is 50.7 Å². The van der Waals surface area contributed by atoms with Crippen LogP contribution in [0.4, 0.5) is 11.6 Å². The van der Waals surface area contributed by atoms with E-state index in [-0.39, 0.29) is 0 Å². The first-order valence-electron chi connectivity index (χ1n) is 10.6. The van der Waals surface area contributed by atoms with E-state index in [2.05, 4.69) is 38.8 Å². The van der Waals surface area contributed by atoms with Crippen molar-refractivity contribution < 1.29 is 9.53 Å². The number of carbonyl (C=O) groups is 1. The number of aryl methyl sites for hydroxylation is 1. The molecule has 4 rings (SSSR count). The Morgan fingerprint density at radius 2 is 1.83 bits per heavy atom. The summed E-state index contributed by atoms with van der Waals surface area (Å²) < 4.78 is 4.94. The van der Waals surface area contributed by atoms with Gasteiger partial charge in [0.2, 0.25) is 5.95 Å². The minimum absolute atomic E-state index is 0.335. The molecule has 1 aromatic carbocycles. The highest BCUT2D eigenvalue weighted by Gasteiger charge is 2.17. The van der Waals surface area contributed by atoms with Crippen LogP contribution >= 0.6 is 0 Å². The highest BCUT2D eigenvalue weighted by Crippen LogP contribution is 2.33. The van der Waals surface area contributed by atoms with Crippen molar-refractivity contribution in [3.8, 4) is 0 Å². The van der Waals surface area contributed by atoms with Gasteiger partial charge in [-0.25, -0.2) is 14.8 Å². The normalized spacial score (nSPS) is 13.0. The lowest BCUT2D eigenvalue weighted by Gasteiger charge is -2.21.